The molecule has 2 aliphatic heterocycles. The van der Waals surface area contributed by atoms with Gasteiger partial charge in [0.1, 0.15) is 6.54 Å². The molecule has 0 spiro atoms. The fourth-order valence-electron chi connectivity index (χ4n) is 6.56. The van der Waals surface area contributed by atoms with Crippen LogP contribution >= 0.6 is 12.6 Å². The number of carbonyl (C=O) groups excluding carboxylic acids is 1. The topological polar surface area (TPSA) is 89.7 Å². The van der Waals surface area contributed by atoms with Gasteiger partial charge < -0.3 is 10.2 Å². The van der Waals surface area contributed by atoms with Crippen molar-refractivity contribution < 1.29 is 22.3 Å². The predicted molar refractivity (Wildman–Crippen MR) is 188 cm³/mol. The van der Waals surface area contributed by atoms with Crippen molar-refractivity contribution in [1.82, 2.24) is 5.32 Å². The van der Waals surface area contributed by atoms with Crippen LogP contribution in [0.15, 0.2) is 77.4 Å². The number of benzene rings is 2. The van der Waals surface area contributed by atoms with Gasteiger partial charge in [-0.1, -0.05) is 49.8 Å². The third-order valence-electron chi connectivity index (χ3n) is 8.97. The summed E-state index contributed by atoms with van der Waals surface area (Å²) in [4.78, 5) is 14.3. The van der Waals surface area contributed by atoms with Crippen LogP contribution in [0.2, 0.25) is 0 Å². The molecule has 2 N–H and O–H groups in total. The molecule has 4 rings (SSSR count). The van der Waals surface area contributed by atoms with Crippen molar-refractivity contribution in [2.24, 2.45) is 0 Å². The van der Waals surface area contributed by atoms with Crippen LogP contribution in [0.1, 0.15) is 77.0 Å². The van der Waals surface area contributed by atoms with Crippen LogP contribution in [0.5, 0.6) is 0 Å². The lowest BCUT2D eigenvalue weighted by Crippen LogP contribution is -2.28. The molecule has 0 atom stereocenters. The van der Waals surface area contributed by atoms with Gasteiger partial charge in [0.25, 0.3) is 10.1 Å². The summed E-state index contributed by atoms with van der Waals surface area (Å²) >= 11 is 4.14. The Balaban J connectivity index is 1.58. The van der Waals surface area contributed by atoms with Crippen LogP contribution in [0, 0.1) is 6.92 Å². The molecule has 0 bridgehead atoms. The maximum Gasteiger partial charge on any atom is 0.294 e. The number of unbranched alkanes of at least 4 members (excludes halogenated alkanes) is 2. The Labute approximate surface area is 275 Å². The first-order valence-electron chi connectivity index (χ1n) is 15.8. The van der Waals surface area contributed by atoms with Gasteiger partial charge in [0.2, 0.25) is 11.6 Å². The first-order chi connectivity index (χ1) is 21.2. The number of carbonyl (C=O) groups is 1. The van der Waals surface area contributed by atoms with Gasteiger partial charge >= 0.3 is 0 Å². The van der Waals surface area contributed by atoms with Crippen molar-refractivity contribution in [3.8, 4) is 0 Å². The number of amides is 1. The molecule has 0 aliphatic carbocycles. The van der Waals surface area contributed by atoms with E-state index in [1.807, 2.05) is 12.2 Å². The van der Waals surface area contributed by atoms with E-state index in [4.69, 9.17) is 0 Å². The second kappa shape index (κ2) is 14.1. The van der Waals surface area contributed by atoms with E-state index in [1.165, 1.54) is 28.6 Å². The van der Waals surface area contributed by atoms with Gasteiger partial charge in [-0.05, 0) is 70.4 Å². The van der Waals surface area contributed by atoms with Crippen molar-refractivity contribution in [3.63, 3.8) is 0 Å². The number of thiol groups is 1. The van der Waals surface area contributed by atoms with Crippen LogP contribution in [0.4, 0.5) is 11.4 Å². The molecule has 7 nitrogen and oxygen atoms in total. The van der Waals surface area contributed by atoms with E-state index in [-0.39, 0.29) is 16.2 Å². The number of nitrogens with one attached hydrogen (secondary N) is 1. The SMILES string of the molecule is CCN1C(=CC=CC=CC2=[N+](CCCCCC(=O)NCCS)c3ccc(S(=O)(=O)O)cc3C2(C)C)C(C)(C)c2cc(C)ccc21. The third-order valence-corrected chi connectivity index (χ3v) is 10.0. The maximum atomic E-state index is 12.0. The number of anilines is 1. The fraction of sp³-hybridized carbons (Fsp3) is 0.444. The Hall–Kier alpha value is -3.14. The van der Waals surface area contributed by atoms with Crippen molar-refractivity contribution in [2.75, 3.05) is 30.3 Å². The van der Waals surface area contributed by atoms with Crippen molar-refractivity contribution in [2.45, 2.75) is 83.0 Å². The van der Waals surface area contributed by atoms with E-state index in [9.17, 15) is 17.8 Å². The third kappa shape index (κ3) is 7.47. The molecular weight excluding hydrogens is 603 g/mol. The van der Waals surface area contributed by atoms with Gasteiger partial charge in [0.05, 0.1) is 10.3 Å². The highest BCUT2D eigenvalue weighted by Gasteiger charge is 2.45. The summed E-state index contributed by atoms with van der Waals surface area (Å²) in [6.07, 6.45) is 13.5. The van der Waals surface area contributed by atoms with Crippen molar-refractivity contribution in [3.05, 3.63) is 89.2 Å². The van der Waals surface area contributed by atoms with E-state index in [2.05, 4.69) is 105 Å². The highest BCUT2D eigenvalue weighted by Crippen LogP contribution is 2.48. The molecule has 0 saturated heterocycles. The van der Waals surface area contributed by atoms with Crippen LogP contribution in [-0.4, -0.2) is 54.6 Å². The molecule has 2 aromatic carbocycles. The second-order valence-electron chi connectivity index (χ2n) is 12.9. The summed E-state index contributed by atoms with van der Waals surface area (Å²) in [6, 6.07) is 11.5. The molecule has 0 saturated carbocycles. The molecular formula is C36H48N3O4S2+. The minimum atomic E-state index is -4.33. The standard InChI is InChI=1S/C36H47N3O4S2/c1-7-38-30-19-17-26(2)24-28(30)35(3,4)32(38)14-10-8-11-15-33-36(5,6)29-25-27(45(41,42)43)18-20-31(29)39(33)22-13-9-12-16-34(40)37-21-23-44/h8,10-11,14-15,17-20,24-25H,7,9,12-13,16,21-23H2,1-6H3,(H2-,37,40,41,42,43,44)/p+1. The molecule has 45 heavy (non-hydrogen) atoms. The van der Waals surface area contributed by atoms with Gasteiger partial charge in [-0.15, -0.1) is 0 Å². The first-order valence-corrected chi connectivity index (χ1v) is 17.9. The quantitative estimate of drug-likeness (QED) is 0.0712. The minimum absolute atomic E-state index is 0.0495. The van der Waals surface area contributed by atoms with Crippen molar-refractivity contribution >= 4 is 45.7 Å². The fourth-order valence-corrected chi connectivity index (χ4v) is 7.18. The molecule has 9 heteroatoms. The minimum Gasteiger partial charge on any atom is -0.355 e. The highest BCUT2D eigenvalue weighted by molar-refractivity contribution is 7.85. The predicted octanol–water partition coefficient (Wildman–Crippen LogP) is 7.04. The second-order valence-corrected chi connectivity index (χ2v) is 14.8. The van der Waals surface area contributed by atoms with Gasteiger partial charge in [-0.2, -0.15) is 25.6 Å². The maximum absolute atomic E-state index is 12.0. The van der Waals surface area contributed by atoms with Crippen LogP contribution in [0.3, 0.4) is 0 Å². The lowest BCUT2D eigenvalue weighted by atomic mass is 9.81. The molecule has 0 unspecified atom stereocenters. The largest absolute Gasteiger partial charge is 0.355 e. The van der Waals surface area contributed by atoms with E-state index in [0.29, 0.717) is 18.7 Å². The van der Waals surface area contributed by atoms with E-state index < -0.39 is 15.5 Å². The number of hydrogen-bond donors (Lipinski definition) is 3. The average Bonchev–Trinajstić information content (AvgIpc) is 3.32. The smallest absolute Gasteiger partial charge is 0.294 e. The average molecular weight is 651 g/mol. The zero-order valence-corrected chi connectivity index (χ0v) is 29.1. The zero-order chi connectivity index (χ0) is 33.0. The lowest BCUT2D eigenvalue weighted by Gasteiger charge is -2.25. The molecule has 2 heterocycles. The summed E-state index contributed by atoms with van der Waals surface area (Å²) in [5.74, 6) is 0.672. The van der Waals surface area contributed by atoms with Crippen molar-refractivity contribution in [1.29, 1.82) is 0 Å². The zero-order valence-electron chi connectivity index (χ0n) is 27.4. The molecule has 0 aromatic heterocycles. The number of likely N-dealkylation sites (N-methyl/N-ethyl adjacent to an activating group) is 1. The number of allylic oxidation sites excluding steroid dienone is 6. The Morgan fingerprint density at radius 3 is 2.44 bits per heavy atom. The lowest BCUT2D eigenvalue weighted by molar-refractivity contribution is -0.438. The van der Waals surface area contributed by atoms with Gasteiger partial charge in [0.15, 0.2) is 5.71 Å². The van der Waals surface area contributed by atoms with Crippen LogP contribution in [-0.2, 0) is 25.7 Å². The Morgan fingerprint density at radius 2 is 1.76 bits per heavy atom. The molecule has 0 radical (unpaired) electrons. The monoisotopic (exact) mass is 650 g/mol. The van der Waals surface area contributed by atoms with Gasteiger partial charge in [-0.25, -0.2) is 0 Å². The Morgan fingerprint density at radius 1 is 1.00 bits per heavy atom. The van der Waals surface area contributed by atoms with E-state index in [1.54, 1.807) is 12.1 Å². The molecule has 1 amide bonds. The van der Waals surface area contributed by atoms with Crippen LogP contribution < -0.4 is 10.2 Å². The number of fused-ring (bicyclic) bond motifs is 2. The highest BCUT2D eigenvalue weighted by atomic mass is 32.2. The van der Waals surface area contributed by atoms with E-state index in [0.717, 1.165) is 49.3 Å². The van der Waals surface area contributed by atoms with Gasteiger partial charge in [-0.3, -0.25) is 9.35 Å². The summed E-state index contributed by atoms with van der Waals surface area (Å²) in [5.41, 5.74) is 7.38. The molecule has 2 aromatic rings. The summed E-state index contributed by atoms with van der Waals surface area (Å²) in [7, 11) is -4.33. The summed E-state index contributed by atoms with van der Waals surface area (Å²) in [6.45, 7) is 15.2. The first kappa shape index (κ1) is 34.7. The van der Waals surface area contributed by atoms with Gasteiger partial charge in [0, 0.05) is 66.2 Å². The summed E-state index contributed by atoms with van der Waals surface area (Å²) in [5, 5.41) is 2.86. The molecule has 242 valence electrons. The molecule has 0 fully saturated rings. The normalized spacial score (nSPS) is 18.0. The Bertz CT molecular complexity index is 1670. The molecule has 2 aliphatic rings. The number of rotatable bonds is 13. The Kier molecular flexibility index (Phi) is 10.9. The number of hydrogen-bond acceptors (Lipinski definition) is 5. The summed E-state index contributed by atoms with van der Waals surface area (Å²) < 4.78 is 35.9. The number of nitrogens with zero attached hydrogens (tertiary/aromatic N) is 2. The van der Waals surface area contributed by atoms with Crippen LogP contribution in [0.25, 0.3) is 0 Å². The van der Waals surface area contributed by atoms with E-state index >= 15 is 0 Å². The number of aryl methyl sites for hydroxylation is 1.